The van der Waals surface area contributed by atoms with Crippen LogP contribution in [-0.2, 0) is 20.8 Å². The molecule has 6 nitrogen and oxygen atoms in total. The van der Waals surface area contributed by atoms with Crippen molar-refractivity contribution in [3.63, 3.8) is 0 Å². The molecule has 2 fully saturated rings. The zero-order valence-electron chi connectivity index (χ0n) is 14.6. The topological polar surface area (TPSA) is 70.7 Å². The molecule has 2 heterocycles. The lowest BCUT2D eigenvalue weighted by Gasteiger charge is -2.58. The average Bonchev–Trinajstić information content (AvgIpc) is 2.93. The van der Waals surface area contributed by atoms with Crippen LogP contribution in [-0.4, -0.2) is 29.4 Å². The Bertz CT molecular complexity index is 849. The van der Waals surface area contributed by atoms with Gasteiger partial charge in [-0.2, -0.15) is 0 Å². The molecule has 0 unspecified atom stereocenters. The lowest BCUT2D eigenvalue weighted by atomic mass is 9.57. The van der Waals surface area contributed by atoms with Gasteiger partial charge in [0.15, 0.2) is 5.58 Å². The predicted molar refractivity (Wildman–Crippen MR) is 91.2 cm³/mol. The van der Waals surface area contributed by atoms with E-state index in [4.69, 9.17) is 13.9 Å². The number of benzene rings is 1. The molecule has 25 heavy (non-hydrogen) atoms. The maximum Gasteiger partial charge on any atom is 0.419 e. The molecule has 4 rings (SSSR count). The number of aromatic nitrogens is 1. The van der Waals surface area contributed by atoms with E-state index in [0.717, 1.165) is 19.4 Å². The molecule has 1 aromatic heterocycles. The van der Waals surface area contributed by atoms with E-state index in [-0.39, 0.29) is 36.6 Å². The minimum Gasteiger partial charge on any atom is -0.461 e. The van der Waals surface area contributed by atoms with Crippen LogP contribution in [0.1, 0.15) is 33.1 Å². The number of fused-ring (bicyclic) bond motifs is 2. The van der Waals surface area contributed by atoms with Crippen LogP contribution in [0.5, 0.6) is 0 Å². The fourth-order valence-electron chi connectivity index (χ4n) is 4.34. The third-order valence-corrected chi connectivity index (χ3v) is 5.60. The summed E-state index contributed by atoms with van der Waals surface area (Å²) in [5, 5.41) is 0. The van der Waals surface area contributed by atoms with E-state index >= 15 is 0 Å². The first-order valence-electron chi connectivity index (χ1n) is 8.88. The Kier molecular flexibility index (Phi) is 3.95. The highest BCUT2D eigenvalue weighted by atomic mass is 16.6. The Hall–Kier alpha value is -2.08. The summed E-state index contributed by atoms with van der Waals surface area (Å²) in [5.41, 5.74) is 1.08. The summed E-state index contributed by atoms with van der Waals surface area (Å²) in [7, 11) is 0. The average molecular weight is 345 g/mol. The molecule has 0 amide bonds. The Morgan fingerprint density at radius 2 is 2.16 bits per heavy atom. The quantitative estimate of drug-likeness (QED) is 0.797. The van der Waals surface area contributed by atoms with Crippen LogP contribution in [0, 0.1) is 11.3 Å². The van der Waals surface area contributed by atoms with Gasteiger partial charge in [0.1, 0.15) is 6.10 Å². The van der Waals surface area contributed by atoms with Gasteiger partial charge in [0.2, 0.25) is 0 Å². The second-order valence-electron chi connectivity index (χ2n) is 7.57. The molecule has 0 N–H and O–H groups in total. The van der Waals surface area contributed by atoms with Gasteiger partial charge in [-0.1, -0.05) is 26.0 Å². The highest BCUT2D eigenvalue weighted by Crippen LogP contribution is 2.53. The third-order valence-electron chi connectivity index (χ3n) is 5.60. The Balaban J connectivity index is 1.41. The van der Waals surface area contributed by atoms with Crippen LogP contribution < -0.4 is 5.76 Å². The number of esters is 1. The lowest BCUT2D eigenvalue weighted by molar-refractivity contribution is -0.254. The Labute approximate surface area is 145 Å². The van der Waals surface area contributed by atoms with Gasteiger partial charge in [-0.25, -0.2) is 4.79 Å². The number of hydrogen-bond donors (Lipinski definition) is 0. The second kappa shape index (κ2) is 6.02. The fraction of sp³-hybridized carbons (Fsp3) is 0.579. The number of hydrogen-bond acceptors (Lipinski definition) is 5. The van der Waals surface area contributed by atoms with Crippen LogP contribution in [0.2, 0.25) is 0 Å². The molecule has 0 spiro atoms. The molecule has 6 heteroatoms. The summed E-state index contributed by atoms with van der Waals surface area (Å²) in [6, 6.07) is 7.20. The molecule has 0 radical (unpaired) electrons. The van der Waals surface area contributed by atoms with Crippen LogP contribution in [0.3, 0.4) is 0 Å². The minimum atomic E-state index is -0.446. The molecule has 1 aliphatic heterocycles. The summed E-state index contributed by atoms with van der Waals surface area (Å²) in [6.45, 7) is 5.23. The largest absolute Gasteiger partial charge is 0.461 e. The zero-order valence-corrected chi connectivity index (χ0v) is 14.6. The van der Waals surface area contributed by atoms with Crippen LogP contribution in [0.15, 0.2) is 33.5 Å². The van der Waals surface area contributed by atoms with Crippen molar-refractivity contribution in [2.75, 3.05) is 6.61 Å². The molecular formula is C19H23NO5. The first-order chi connectivity index (χ1) is 12.0. The first kappa shape index (κ1) is 16.4. The van der Waals surface area contributed by atoms with E-state index in [1.165, 1.54) is 4.57 Å². The highest BCUT2D eigenvalue weighted by molar-refractivity contribution is 5.73. The summed E-state index contributed by atoms with van der Waals surface area (Å²) in [4.78, 5) is 24.3. The van der Waals surface area contributed by atoms with Crippen LogP contribution in [0.25, 0.3) is 11.1 Å². The molecule has 1 aromatic carbocycles. The van der Waals surface area contributed by atoms with Crippen molar-refractivity contribution in [3.8, 4) is 0 Å². The van der Waals surface area contributed by atoms with E-state index < -0.39 is 5.76 Å². The molecule has 2 aliphatic rings. The predicted octanol–water partition coefficient (Wildman–Crippen LogP) is 2.73. The molecule has 1 saturated carbocycles. The van der Waals surface area contributed by atoms with Crippen molar-refractivity contribution in [2.24, 2.45) is 11.3 Å². The molecule has 134 valence electrons. The monoisotopic (exact) mass is 345 g/mol. The van der Waals surface area contributed by atoms with Gasteiger partial charge in [0.05, 0.1) is 18.0 Å². The number of carbonyl (C=O) groups is 1. The van der Waals surface area contributed by atoms with E-state index in [0.29, 0.717) is 17.0 Å². The van der Waals surface area contributed by atoms with Crippen molar-refractivity contribution in [1.82, 2.24) is 4.57 Å². The SMILES string of the molecule is CC1(C)[C@@H]2OCCC[C@@H]2[C@H]1OC(=O)CCn1c(=O)oc2ccccc21. The summed E-state index contributed by atoms with van der Waals surface area (Å²) >= 11 is 0. The number of oxazole rings is 1. The van der Waals surface area contributed by atoms with Crippen LogP contribution in [0.4, 0.5) is 0 Å². The van der Waals surface area contributed by atoms with Crippen molar-refractivity contribution in [1.29, 1.82) is 0 Å². The van der Waals surface area contributed by atoms with Crippen molar-refractivity contribution in [3.05, 3.63) is 34.8 Å². The van der Waals surface area contributed by atoms with Gasteiger partial charge < -0.3 is 13.9 Å². The van der Waals surface area contributed by atoms with Crippen molar-refractivity contribution < 1.29 is 18.7 Å². The number of nitrogens with zero attached hydrogens (tertiary/aromatic N) is 1. The summed E-state index contributed by atoms with van der Waals surface area (Å²) in [5.74, 6) is -0.428. The van der Waals surface area contributed by atoms with Gasteiger partial charge in [0, 0.05) is 24.5 Å². The number of rotatable bonds is 4. The fourth-order valence-corrected chi connectivity index (χ4v) is 4.34. The van der Waals surface area contributed by atoms with E-state index in [2.05, 4.69) is 13.8 Å². The number of para-hydroxylation sites is 2. The Morgan fingerprint density at radius 3 is 3.00 bits per heavy atom. The maximum absolute atomic E-state index is 12.3. The normalized spacial score (nSPS) is 27.5. The minimum absolute atomic E-state index is 0.108. The Morgan fingerprint density at radius 1 is 1.36 bits per heavy atom. The van der Waals surface area contributed by atoms with Crippen molar-refractivity contribution in [2.45, 2.75) is 51.9 Å². The van der Waals surface area contributed by atoms with Gasteiger partial charge in [0.25, 0.3) is 0 Å². The van der Waals surface area contributed by atoms with Crippen molar-refractivity contribution >= 4 is 17.1 Å². The van der Waals surface area contributed by atoms with E-state index in [9.17, 15) is 9.59 Å². The summed E-state index contributed by atoms with van der Waals surface area (Å²) in [6.07, 6.45) is 2.27. The standard InChI is InChI=1S/C19H23NO5/c1-19(2)16-12(6-5-11-23-16)17(19)25-15(21)9-10-20-13-7-3-4-8-14(13)24-18(20)22/h3-4,7-8,12,16-17H,5-6,9-11H2,1-2H3/t12-,16+,17+/m0/s1. The highest BCUT2D eigenvalue weighted by Gasteiger charge is 2.60. The molecule has 1 saturated heterocycles. The van der Waals surface area contributed by atoms with Gasteiger partial charge >= 0.3 is 11.7 Å². The number of carbonyl (C=O) groups excluding carboxylic acids is 1. The van der Waals surface area contributed by atoms with Crippen LogP contribution >= 0.6 is 0 Å². The molecule has 0 bridgehead atoms. The zero-order chi connectivity index (χ0) is 17.6. The molecule has 1 aliphatic carbocycles. The molecule has 2 aromatic rings. The summed E-state index contributed by atoms with van der Waals surface area (Å²) < 4.78 is 18.3. The van der Waals surface area contributed by atoms with Gasteiger partial charge in [-0.3, -0.25) is 9.36 Å². The maximum atomic E-state index is 12.3. The first-order valence-corrected chi connectivity index (χ1v) is 8.88. The van der Waals surface area contributed by atoms with Gasteiger partial charge in [-0.15, -0.1) is 0 Å². The second-order valence-corrected chi connectivity index (χ2v) is 7.57. The lowest BCUT2D eigenvalue weighted by Crippen LogP contribution is -2.65. The van der Waals surface area contributed by atoms with Gasteiger partial charge in [-0.05, 0) is 25.0 Å². The smallest absolute Gasteiger partial charge is 0.419 e. The number of ether oxygens (including phenoxy) is 2. The third kappa shape index (κ3) is 2.68. The molecular weight excluding hydrogens is 322 g/mol. The molecule has 3 atom stereocenters. The van der Waals surface area contributed by atoms with E-state index in [1.807, 2.05) is 18.2 Å². The van der Waals surface area contributed by atoms with E-state index in [1.54, 1.807) is 6.07 Å². The number of aryl methyl sites for hydroxylation is 1.